The Morgan fingerprint density at radius 1 is 1.33 bits per heavy atom. The van der Waals surface area contributed by atoms with Gasteiger partial charge in [-0.25, -0.2) is 4.98 Å². The molecular weight excluding hydrogens is 314 g/mol. The molecule has 4 nitrogen and oxygen atoms in total. The van der Waals surface area contributed by atoms with Crippen molar-refractivity contribution in [2.24, 2.45) is 5.73 Å². The number of nitrogens with two attached hydrogens (primary N) is 2. The van der Waals surface area contributed by atoms with Crippen molar-refractivity contribution in [2.75, 3.05) is 5.73 Å². The van der Waals surface area contributed by atoms with Crippen molar-refractivity contribution in [3.63, 3.8) is 0 Å². The Morgan fingerprint density at radius 2 is 2.11 bits per heavy atom. The summed E-state index contributed by atoms with van der Waals surface area (Å²) in [7, 11) is 0. The van der Waals surface area contributed by atoms with Crippen LogP contribution in [0.4, 0.5) is 5.69 Å². The van der Waals surface area contributed by atoms with E-state index in [4.69, 9.17) is 11.5 Å². The zero-order valence-electron chi connectivity index (χ0n) is 9.26. The van der Waals surface area contributed by atoms with E-state index in [0.29, 0.717) is 11.3 Å². The summed E-state index contributed by atoms with van der Waals surface area (Å²) in [6, 6.07) is 8.77. The van der Waals surface area contributed by atoms with Gasteiger partial charge in [0.25, 0.3) is 0 Å². The summed E-state index contributed by atoms with van der Waals surface area (Å²) in [5, 5.41) is 0.768. The zero-order valence-corrected chi connectivity index (χ0v) is 11.7. The van der Waals surface area contributed by atoms with Gasteiger partial charge in [-0.3, -0.25) is 4.79 Å². The van der Waals surface area contributed by atoms with Crippen LogP contribution < -0.4 is 11.5 Å². The molecule has 0 aliphatic rings. The average Bonchev–Trinajstić information content (AvgIpc) is 2.34. The summed E-state index contributed by atoms with van der Waals surface area (Å²) >= 11 is 4.77. The fourth-order valence-corrected chi connectivity index (χ4v) is 2.77. The van der Waals surface area contributed by atoms with Crippen LogP contribution in [0.3, 0.4) is 0 Å². The zero-order chi connectivity index (χ0) is 13.1. The average molecular weight is 324 g/mol. The minimum absolute atomic E-state index is 0.401. The number of aromatic nitrogens is 1. The molecule has 92 valence electrons. The van der Waals surface area contributed by atoms with E-state index >= 15 is 0 Å². The smallest absolute Gasteiger partial charge is 0.249 e. The van der Waals surface area contributed by atoms with Gasteiger partial charge in [-0.15, -0.1) is 0 Å². The highest BCUT2D eigenvalue weighted by atomic mass is 79.9. The first-order chi connectivity index (χ1) is 8.58. The van der Waals surface area contributed by atoms with E-state index in [-0.39, 0.29) is 0 Å². The van der Waals surface area contributed by atoms with Gasteiger partial charge < -0.3 is 11.5 Å². The molecule has 0 saturated carbocycles. The normalized spacial score (nSPS) is 10.3. The first-order valence-electron chi connectivity index (χ1n) is 5.05. The predicted molar refractivity (Wildman–Crippen MR) is 75.4 cm³/mol. The molecule has 0 spiro atoms. The molecule has 0 bridgehead atoms. The molecule has 0 aliphatic carbocycles. The molecule has 4 N–H and O–H groups in total. The number of carbonyl (C=O) groups excluding carboxylic acids is 1. The summed E-state index contributed by atoms with van der Waals surface area (Å²) in [6.07, 6.45) is 1.69. The Kier molecular flexibility index (Phi) is 3.88. The molecule has 0 saturated heterocycles. The van der Waals surface area contributed by atoms with Crippen molar-refractivity contribution in [3.05, 3.63) is 46.6 Å². The third-order valence-electron chi connectivity index (χ3n) is 2.20. The number of amides is 1. The van der Waals surface area contributed by atoms with Crippen LogP contribution >= 0.6 is 27.7 Å². The highest BCUT2D eigenvalue weighted by molar-refractivity contribution is 9.10. The second-order valence-corrected chi connectivity index (χ2v) is 5.40. The first kappa shape index (κ1) is 12.9. The van der Waals surface area contributed by atoms with Crippen LogP contribution in [0.5, 0.6) is 0 Å². The van der Waals surface area contributed by atoms with Crippen LogP contribution in [0, 0.1) is 0 Å². The second-order valence-electron chi connectivity index (χ2n) is 3.51. The minimum Gasteiger partial charge on any atom is -0.399 e. The first-order valence-corrected chi connectivity index (χ1v) is 6.66. The van der Waals surface area contributed by atoms with Gasteiger partial charge in [-0.1, -0.05) is 11.8 Å². The predicted octanol–water partition coefficient (Wildman–Crippen LogP) is 2.68. The molecule has 2 aromatic rings. The third kappa shape index (κ3) is 2.83. The Hall–Kier alpha value is -1.53. The number of rotatable bonds is 3. The van der Waals surface area contributed by atoms with Crippen molar-refractivity contribution < 1.29 is 4.79 Å². The van der Waals surface area contributed by atoms with Gasteiger partial charge in [0, 0.05) is 16.8 Å². The molecule has 0 aliphatic heterocycles. The molecule has 2 rings (SSSR count). The molecule has 0 fully saturated rings. The van der Waals surface area contributed by atoms with Crippen molar-refractivity contribution in [1.29, 1.82) is 0 Å². The molecule has 6 heteroatoms. The number of halogens is 1. The summed E-state index contributed by atoms with van der Waals surface area (Å²) in [5.41, 5.74) is 11.9. The van der Waals surface area contributed by atoms with Crippen molar-refractivity contribution in [1.82, 2.24) is 4.98 Å². The Morgan fingerprint density at radius 3 is 2.78 bits per heavy atom. The molecule has 0 atom stereocenters. The summed E-state index contributed by atoms with van der Waals surface area (Å²) in [4.78, 5) is 16.3. The molecule has 0 unspecified atom stereocenters. The van der Waals surface area contributed by atoms with Gasteiger partial charge >= 0.3 is 0 Å². The van der Waals surface area contributed by atoms with Crippen LogP contribution in [0.15, 0.2) is 50.9 Å². The summed E-state index contributed by atoms with van der Waals surface area (Å²) in [6.45, 7) is 0. The van der Waals surface area contributed by atoms with E-state index < -0.39 is 5.91 Å². The maximum atomic E-state index is 11.4. The standard InChI is InChI=1S/C12H10BrN3OS/c13-9-2-1-5-16-12(9)18-10-4-3-7(14)6-8(10)11(15)17/h1-6H,14H2,(H2,15,17). The van der Waals surface area contributed by atoms with Crippen LogP contribution in [-0.4, -0.2) is 10.9 Å². The van der Waals surface area contributed by atoms with Crippen LogP contribution in [0.25, 0.3) is 0 Å². The molecule has 1 aromatic carbocycles. The van der Waals surface area contributed by atoms with E-state index in [1.807, 2.05) is 12.1 Å². The van der Waals surface area contributed by atoms with Gasteiger partial charge in [-0.05, 0) is 46.3 Å². The lowest BCUT2D eigenvalue weighted by atomic mass is 10.2. The van der Waals surface area contributed by atoms with E-state index in [0.717, 1.165) is 14.4 Å². The third-order valence-corrected chi connectivity index (χ3v) is 4.20. The molecule has 0 radical (unpaired) electrons. The lowest BCUT2D eigenvalue weighted by Gasteiger charge is -2.07. The van der Waals surface area contributed by atoms with Gasteiger partial charge in [0.2, 0.25) is 5.91 Å². The monoisotopic (exact) mass is 323 g/mol. The highest BCUT2D eigenvalue weighted by Gasteiger charge is 2.12. The van der Waals surface area contributed by atoms with Gasteiger partial charge in [0.15, 0.2) is 0 Å². The van der Waals surface area contributed by atoms with E-state index in [1.54, 1.807) is 24.4 Å². The number of hydrogen-bond acceptors (Lipinski definition) is 4. The Bertz CT molecular complexity index is 604. The Balaban J connectivity index is 2.41. The maximum Gasteiger partial charge on any atom is 0.249 e. The number of benzene rings is 1. The Labute approximate surface area is 117 Å². The number of nitrogen functional groups attached to an aromatic ring is 1. The number of hydrogen-bond donors (Lipinski definition) is 2. The van der Waals surface area contributed by atoms with Crippen molar-refractivity contribution in [3.8, 4) is 0 Å². The number of anilines is 1. The van der Waals surface area contributed by atoms with E-state index in [9.17, 15) is 4.79 Å². The molecule has 1 aromatic heterocycles. The number of pyridine rings is 1. The van der Waals surface area contributed by atoms with Gasteiger partial charge in [0.05, 0.1) is 10.0 Å². The second kappa shape index (κ2) is 5.41. The summed E-state index contributed by atoms with van der Waals surface area (Å²) < 4.78 is 0.863. The molecule has 1 heterocycles. The molecule has 1 amide bonds. The van der Waals surface area contributed by atoms with Gasteiger partial charge in [-0.2, -0.15) is 0 Å². The van der Waals surface area contributed by atoms with Crippen LogP contribution in [0.2, 0.25) is 0 Å². The fourth-order valence-electron chi connectivity index (χ4n) is 1.38. The fraction of sp³-hybridized carbons (Fsp3) is 0. The summed E-state index contributed by atoms with van der Waals surface area (Å²) in [5.74, 6) is -0.503. The number of nitrogens with zero attached hydrogens (tertiary/aromatic N) is 1. The number of carbonyl (C=O) groups is 1. The SMILES string of the molecule is NC(=O)c1cc(N)ccc1Sc1ncccc1Br. The number of primary amides is 1. The van der Waals surface area contributed by atoms with Gasteiger partial charge in [0.1, 0.15) is 5.03 Å². The van der Waals surface area contributed by atoms with Crippen molar-refractivity contribution >= 4 is 39.3 Å². The minimum atomic E-state index is -0.503. The lowest BCUT2D eigenvalue weighted by Crippen LogP contribution is -2.12. The highest BCUT2D eigenvalue weighted by Crippen LogP contribution is 2.34. The molecular formula is C12H10BrN3OS. The van der Waals surface area contributed by atoms with E-state index in [1.165, 1.54) is 11.8 Å². The van der Waals surface area contributed by atoms with Crippen molar-refractivity contribution in [2.45, 2.75) is 9.92 Å². The largest absolute Gasteiger partial charge is 0.399 e. The van der Waals surface area contributed by atoms with Crippen LogP contribution in [-0.2, 0) is 0 Å². The quantitative estimate of drug-likeness (QED) is 0.851. The lowest BCUT2D eigenvalue weighted by molar-refractivity contribution is 0.0997. The molecule has 18 heavy (non-hydrogen) atoms. The van der Waals surface area contributed by atoms with E-state index in [2.05, 4.69) is 20.9 Å². The maximum absolute atomic E-state index is 11.4. The van der Waals surface area contributed by atoms with Crippen LogP contribution in [0.1, 0.15) is 10.4 Å². The topological polar surface area (TPSA) is 82.0 Å².